The Bertz CT molecular complexity index is 1050. The highest BCUT2D eigenvalue weighted by molar-refractivity contribution is 7.92. The first-order valence-corrected chi connectivity index (χ1v) is 9.86. The molecule has 0 heterocycles. The number of nitrogens with zero attached hydrogens (tertiary/aromatic N) is 1. The molecule has 0 aliphatic carbocycles. The van der Waals surface area contributed by atoms with Crippen molar-refractivity contribution in [3.8, 4) is 0 Å². The third-order valence-corrected chi connectivity index (χ3v) is 6.29. The summed E-state index contributed by atoms with van der Waals surface area (Å²) in [6.07, 6.45) is 0. The monoisotopic (exact) mass is 387 g/mol. The lowest BCUT2D eigenvalue weighted by molar-refractivity contribution is 0.578. The van der Waals surface area contributed by atoms with E-state index in [0.717, 1.165) is 15.9 Å². The van der Waals surface area contributed by atoms with Crippen molar-refractivity contribution in [1.82, 2.24) is 0 Å². The van der Waals surface area contributed by atoms with Gasteiger partial charge in [0.15, 0.2) is 0 Å². The van der Waals surface area contributed by atoms with Crippen LogP contribution >= 0.6 is 0 Å². The van der Waals surface area contributed by atoms with Crippen LogP contribution in [-0.2, 0) is 10.0 Å². The fraction of sp³-hybridized carbons (Fsp3) is 0.143. The van der Waals surface area contributed by atoms with Crippen LogP contribution in [0.15, 0.2) is 77.7 Å². The summed E-state index contributed by atoms with van der Waals surface area (Å²) in [5.74, 6) is -1.16. The highest BCUT2D eigenvalue weighted by Crippen LogP contribution is 2.34. The van der Waals surface area contributed by atoms with Gasteiger partial charge in [-0.05, 0) is 55.3 Å². The zero-order valence-electron chi connectivity index (χ0n) is 14.9. The van der Waals surface area contributed by atoms with Crippen molar-refractivity contribution in [2.24, 2.45) is 0 Å². The summed E-state index contributed by atoms with van der Waals surface area (Å²) < 4.78 is 55.6. The van der Waals surface area contributed by atoms with Crippen molar-refractivity contribution < 1.29 is 17.2 Å². The Morgan fingerprint density at radius 2 is 1.59 bits per heavy atom. The number of hydrogen-bond donors (Lipinski definition) is 0. The van der Waals surface area contributed by atoms with Crippen LogP contribution < -0.4 is 4.31 Å². The van der Waals surface area contributed by atoms with E-state index >= 15 is 0 Å². The van der Waals surface area contributed by atoms with E-state index in [1.54, 1.807) is 44.2 Å². The third-order valence-electron chi connectivity index (χ3n) is 4.40. The standard InChI is InChI=1S/C21H19F2NO2S/c1-15-11-12-19(14-21(15)23)24(16(2)17-7-4-3-5-8-17)27(25,26)20-10-6-9-18(22)13-20/h3-14,16H,1-2H3/t16-/m1/s1. The number of rotatable bonds is 5. The molecule has 0 radical (unpaired) electrons. The number of aryl methyl sites for hydroxylation is 1. The highest BCUT2D eigenvalue weighted by Gasteiger charge is 2.31. The van der Waals surface area contributed by atoms with Crippen molar-refractivity contribution in [3.63, 3.8) is 0 Å². The molecule has 3 aromatic carbocycles. The van der Waals surface area contributed by atoms with Crippen LogP contribution in [0.2, 0.25) is 0 Å². The van der Waals surface area contributed by atoms with Crippen molar-refractivity contribution in [3.05, 3.63) is 95.6 Å². The maximum atomic E-state index is 14.2. The Morgan fingerprint density at radius 1 is 0.889 bits per heavy atom. The summed E-state index contributed by atoms with van der Waals surface area (Å²) in [6, 6.07) is 17.5. The number of hydrogen-bond acceptors (Lipinski definition) is 2. The van der Waals surface area contributed by atoms with Gasteiger partial charge in [0.25, 0.3) is 10.0 Å². The fourth-order valence-corrected chi connectivity index (χ4v) is 4.57. The van der Waals surface area contributed by atoms with Gasteiger partial charge in [-0.25, -0.2) is 17.2 Å². The molecule has 0 saturated heterocycles. The average Bonchev–Trinajstić information content (AvgIpc) is 2.65. The van der Waals surface area contributed by atoms with Crippen LogP contribution in [0.3, 0.4) is 0 Å². The molecule has 140 valence electrons. The predicted molar refractivity (Wildman–Crippen MR) is 102 cm³/mol. The number of anilines is 1. The Labute approximate surface area is 157 Å². The summed E-state index contributed by atoms with van der Waals surface area (Å²) in [7, 11) is -4.13. The van der Waals surface area contributed by atoms with Gasteiger partial charge in [0, 0.05) is 0 Å². The molecule has 0 saturated carbocycles. The lowest BCUT2D eigenvalue weighted by Gasteiger charge is -2.31. The van der Waals surface area contributed by atoms with Crippen LogP contribution in [0.5, 0.6) is 0 Å². The Balaban J connectivity index is 2.19. The van der Waals surface area contributed by atoms with Gasteiger partial charge in [0.1, 0.15) is 11.6 Å². The second kappa shape index (κ2) is 7.48. The Hall–Kier alpha value is -2.73. The highest BCUT2D eigenvalue weighted by atomic mass is 32.2. The summed E-state index contributed by atoms with van der Waals surface area (Å²) in [5, 5.41) is 0. The first-order chi connectivity index (χ1) is 12.8. The third kappa shape index (κ3) is 3.85. The minimum Gasteiger partial charge on any atom is -0.259 e. The number of benzene rings is 3. The topological polar surface area (TPSA) is 37.4 Å². The molecule has 3 rings (SSSR count). The van der Waals surface area contributed by atoms with Gasteiger partial charge in [-0.15, -0.1) is 0 Å². The van der Waals surface area contributed by atoms with E-state index < -0.39 is 27.7 Å². The van der Waals surface area contributed by atoms with Gasteiger partial charge in [-0.3, -0.25) is 4.31 Å². The Morgan fingerprint density at radius 3 is 2.22 bits per heavy atom. The fourth-order valence-electron chi connectivity index (χ4n) is 2.90. The number of sulfonamides is 1. The maximum Gasteiger partial charge on any atom is 0.264 e. The molecule has 0 unspecified atom stereocenters. The molecule has 0 amide bonds. The Kier molecular flexibility index (Phi) is 5.28. The first kappa shape index (κ1) is 19.0. The van der Waals surface area contributed by atoms with Gasteiger partial charge in [0.05, 0.1) is 16.6 Å². The molecule has 0 N–H and O–H groups in total. The molecular weight excluding hydrogens is 368 g/mol. The van der Waals surface area contributed by atoms with Gasteiger partial charge < -0.3 is 0 Å². The van der Waals surface area contributed by atoms with E-state index in [0.29, 0.717) is 5.56 Å². The smallest absolute Gasteiger partial charge is 0.259 e. The summed E-state index contributed by atoms with van der Waals surface area (Å²) in [5.41, 5.74) is 1.33. The normalized spacial score (nSPS) is 12.6. The molecule has 0 aliphatic rings. The van der Waals surface area contributed by atoms with Crippen molar-refractivity contribution in [1.29, 1.82) is 0 Å². The second-order valence-corrected chi connectivity index (χ2v) is 8.09. The minimum atomic E-state index is -4.13. The molecule has 0 fully saturated rings. The molecular formula is C21H19F2NO2S. The predicted octanol–water partition coefficient (Wildman–Crippen LogP) is 5.23. The van der Waals surface area contributed by atoms with Crippen molar-refractivity contribution >= 4 is 15.7 Å². The average molecular weight is 387 g/mol. The molecule has 0 bridgehead atoms. The van der Waals surface area contributed by atoms with E-state index in [1.165, 1.54) is 30.3 Å². The minimum absolute atomic E-state index is 0.179. The summed E-state index contributed by atoms with van der Waals surface area (Å²) in [4.78, 5) is -0.189. The van der Waals surface area contributed by atoms with Crippen LogP contribution in [-0.4, -0.2) is 8.42 Å². The van der Waals surface area contributed by atoms with Crippen molar-refractivity contribution in [2.75, 3.05) is 4.31 Å². The van der Waals surface area contributed by atoms with Crippen LogP contribution in [0, 0.1) is 18.6 Å². The lowest BCUT2D eigenvalue weighted by Crippen LogP contribution is -2.34. The quantitative estimate of drug-likeness (QED) is 0.601. The maximum absolute atomic E-state index is 14.2. The molecule has 0 spiro atoms. The summed E-state index contributed by atoms with van der Waals surface area (Å²) in [6.45, 7) is 3.31. The first-order valence-electron chi connectivity index (χ1n) is 8.42. The molecule has 27 heavy (non-hydrogen) atoms. The van der Waals surface area contributed by atoms with E-state index in [2.05, 4.69) is 0 Å². The van der Waals surface area contributed by atoms with Gasteiger partial charge in [0.2, 0.25) is 0 Å². The van der Waals surface area contributed by atoms with E-state index in [1.807, 2.05) is 6.07 Å². The van der Waals surface area contributed by atoms with E-state index in [4.69, 9.17) is 0 Å². The SMILES string of the molecule is Cc1ccc(N([C@H](C)c2ccccc2)S(=O)(=O)c2cccc(F)c2)cc1F. The zero-order valence-corrected chi connectivity index (χ0v) is 15.7. The van der Waals surface area contributed by atoms with Gasteiger partial charge in [-0.2, -0.15) is 0 Å². The molecule has 3 aromatic rings. The van der Waals surface area contributed by atoms with Crippen LogP contribution in [0.4, 0.5) is 14.5 Å². The van der Waals surface area contributed by atoms with Crippen LogP contribution in [0.25, 0.3) is 0 Å². The molecule has 0 aromatic heterocycles. The number of halogens is 2. The van der Waals surface area contributed by atoms with E-state index in [-0.39, 0.29) is 10.6 Å². The zero-order chi connectivity index (χ0) is 19.6. The second-order valence-electron chi connectivity index (χ2n) is 6.28. The largest absolute Gasteiger partial charge is 0.264 e. The van der Waals surface area contributed by atoms with Crippen molar-refractivity contribution in [2.45, 2.75) is 24.8 Å². The molecule has 1 atom stereocenters. The van der Waals surface area contributed by atoms with Gasteiger partial charge in [-0.1, -0.05) is 42.5 Å². The molecule has 3 nitrogen and oxygen atoms in total. The van der Waals surface area contributed by atoms with E-state index in [9.17, 15) is 17.2 Å². The molecule has 6 heteroatoms. The summed E-state index contributed by atoms with van der Waals surface area (Å²) >= 11 is 0. The lowest BCUT2D eigenvalue weighted by atomic mass is 10.1. The molecule has 0 aliphatic heterocycles. The van der Waals surface area contributed by atoms with Gasteiger partial charge >= 0.3 is 0 Å². The van der Waals surface area contributed by atoms with Crippen LogP contribution in [0.1, 0.15) is 24.1 Å².